The summed E-state index contributed by atoms with van der Waals surface area (Å²) in [4.78, 5) is 27.4. The molecule has 1 aromatic heterocycles. The SMILES string of the molecule is Cc1c[nH]c(=O)c(C(C)C(=O)NC2CCC(c3ccccc3)CC2)c1N. The molecule has 5 heteroatoms. The van der Waals surface area contributed by atoms with Crippen LogP contribution < -0.4 is 16.6 Å². The molecule has 5 nitrogen and oxygen atoms in total. The Morgan fingerprint density at radius 2 is 1.85 bits per heavy atom. The Hall–Kier alpha value is -2.56. The van der Waals surface area contributed by atoms with E-state index in [1.54, 1.807) is 13.1 Å². The van der Waals surface area contributed by atoms with E-state index in [0.29, 0.717) is 17.2 Å². The van der Waals surface area contributed by atoms with Crippen LogP contribution in [-0.2, 0) is 4.79 Å². The number of carbonyl (C=O) groups is 1. The van der Waals surface area contributed by atoms with Crippen molar-refractivity contribution >= 4 is 11.6 Å². The summed E-state index contributed by atoms with van der Waals surface area (Å²) in [5.74, 6) is -0.126. The molecule has 0 bridgehead atoms. The van der Waals surface area contributed by atoms with E-state index in [-0.39, 0.29) is 17.5 Å². The van der Waals surface area contributed by atoms with Crippen LogP contribution >= 0.6 is 0 Å². The van der Waals surface area contributed by atoms with E-state index < -0.39 is 5.92 Å². The molecule has 0 saturated heterocycles. The number of aromatic nitrogens is 1. The number of hydrogen-bond acceptors (Lipinski definition) is 3. The van der Waals surface area contributed by atoms with Gasteiger partial charge in [0.1, 0.15) is 0 Å². The standard InChI is InChI=1S/C21H27N3O2/c1-13-12-23-21(26)18(19(13)22)14(2)20(25)24-17-10-8-16(9-11-17)15-6-4-3-5-7-15/h3-7,12,14,16-17H,8-11H2,1-2H3,(H,24,25)(H3,22,23,26). The average molecular weight is 353 g/mol. The molecule has 2 aromatic rings. The summed E-state index contributed by atoms with van der Waals surface area (Å²) in [6, 6.07) is 10.7. The smallest absolute Gasteiger partial charge is 0.254 e. The highest BCUT2D eigenvalue weighted by molar-refractivity contribution is 5.85. The molecule has 0 radical (unpaired) electrons. The minimum Gasteiger partial charge on any atom is -0.398 e. The summed E-state index contributed by atoms with van der Waals surface area (Å²) < 4.78 is 0. The highest BCUT2D eigenvalue weighted by Gasteiger charge is 2.27. The van der Waals surface area contributed by atoms with Gasteiger partial charge in [-0.15, -0.1) is 0 Å². The molecule has 1 saturated carbocycles. The number of amides is 1. The van der Waals surface area contributed by atoms with Gasteiger partial charge in [0.15, 0.2) is 0 Å². The normalized spacial score (nSPS) is 21.2. The molecule has 3 rings (SSSR count). The predicted molar refractivity (Wildman–Crippen MR) is 104 cm³/mol. The third-order valence-electron chi connectivity index (χ3n) is 5.55. The molecule has 1 amide bonds. The van der Waals surface area contributed by atoms with E-state index in [4.69, 9.17) is 5.73 Å². The van der Waals surface area contributed by atoms with Crippen LogP contribution in [-0.4, -0.2) is 16.9 Å². The number of aromatic amines is 1. The molecule has 138 valence electrons. The van der Waals surface area contributed by atoms with Crippen LogP contribution in [0.15, 0.2) is 41.3 Å². The maximum atomic E-state index is 12.7. The first kappa shape index (κ1) is 18.2. The monoisotopic (exact) mass is 353 g/mol. The Morgan fingerprint density at radius 1 is 1.19 bits per heavy atom. The van der Waals surface area contributed by atoms with Gasteiger partial charge in [0.05, 0.1) is 11.5 Å². The van der Waals surface area contributed by atoms with E-state index in [2.05, 4.69) is 34.6 Å². The van der Waals surface area contributed by atoms with Gasteiger partial charge in [-0.2, -0.15) is 0 Å². The molecular formula is C21H27N3O2. The minimum absolute atomic E-state index is 0.129. The van der Waals surface area contributed by atoms with Gasteiger partial charge in [0.2, 0.25) is 5.91 Å². The molecule has 1 aromatic carbocycles. The number of rotatable bonds is 4. The molecule has 1 fully saturated rings. The molecule has 0 spiro atoms. The Morgan fingerprint density at radius 3 is 2.50 bits per heavy atom. The van der Waals surface area contributed by atoms with Gasteiger partial charge in [-0.1, -0.05) is 30.3 Å². The van der Waals surface area contributed by atoms with Crippen molar-refractivity contribution < 1.29 is 4.79 Å². The van der Waals surface area contributed by atoms with Gasteiger partial charge in [-0.25, -0.2) is 0 Å². The van der Waals surface area contributed by atoms with Crippen molar-refractivity contribution in [3.8, 4) is 0 Å². The third kappa shape index (κ3) is 3.82. The van der Waals surface area contributed by atoms with Crippen molar-refractivity contribution in [2.75, 3.05) is 5.73 Å². The van der Waals surface area contributed by atoms with Gasteiger partial charge < -0.3 is 16.0 Å². The van der Waals surface area contributed by atoms with Crippen molar-refractivity contribution in [3.05, 3.63) is 63.6 Å². The number of hydrogen-bond donors (Lipinski definition) is 3. The van der Waals surface area contributed by atoms with E-state index in [1.807, 2.05) is 13.0 Å². The van der Waals surface area contributed by atoms with Crippen LogP contribution in [0.5, 0.6) is 0 Å². The lowest BCUT2D eigenvalue weighted by Crippen LogP contribution is -2.40. The quantitative estimate of drug-likeness (QED) is 0.788. The molecule has 26 heavy (non-hydrogen) atoms. The van der Waals surface area contributed by atoms with Crippen LogP contribution in [0, 0.1) is 6.92 Å². The summed E-state index contributed by atoms with van der Waals surface area (Å²) in [5, 5.41) is 3.12. The van der Waals surface area contributed by atoms with Gasteiger partial charge in [0, 0.05) is 17.9 Å². The van der Waals surface area contributed by atoms with Gasteiger partial charge >= 0.3 is 0 Å². The summed E-state index contributed by atoms with van der Waals surface area (Å²) in [6.45, 7) is 3.57. The number of nitrogen functional groups attached to an aromatic ring is 1. The maximum absolute atomic E-state index is 12.7. The lowest BCUT2D eigenvalue weighted by molar-refractivity contribution is -0.123. The minimum atomic E-state index is -0.564. The summed E-state index contributed by atoms with van der Waals surface area (Å²) >= 11 is 0. The molecule has 4 N–H and O–H groups in total. The number of carbonyl (C=O) groups excluding carboxylic acids is 1. The van der Waals surface area contributed by atoms with Crippen LogP contribution in [0.2, 0.25) is 0 Å². The van der Waals surface area contributed by atoms with Crippen LogP contribution in [0.25, 0.3) is 0 Å². The first-order chi connectivity index (χ1) is 12.5. The van der Waals surface area contributed by atoms with E-state index >= 15 is 0 Å². The fraction of sp³-hybridized carbons (Fsp3) is 0.429. The Kier molecular flexibility index (Phi) is 5.45. The molecule has 1 unspecified atom stereocenters. The summed E-state index contributed by atoms with van der Waals surface area (Å²) in [6.07, 6.45) is 5.62. The van der Waals surface area contributed by atoms with Gasteiger partial charge in [0.25, 0.3) is 5.56 Å². The topological polar surface area (TPSA) is 88.0 Å². The molecular weight excluding hydrogens is 326 g/mol. The second kappa shape index (κ2) is 7.77. The number of aryl methyl sites for hydroxylation is 1. The fourth-order valence-corrected chi connectivity index (χ4v) is 3.85. The van der Waals surface area contributed by atoms with Crippen molar-refractivity contribution in [2.24, 2.45) is 0 Å². The molecule has 1 atom stereocenters. The molecule has 1 aliphatic rings. The number of benzene rings is 1. The van der Waals surface area contributed by atoms with Crippen LogP contribution in [0.4, 0.5) is 5.69 Å². The average Bonchev–Trinajstić information content (AvgIpc) is 2.66. The largest absolute Gasteiger partial charge is 0.398 e. The molecule has 1 aliphatic carbocycles. The van der Waals surface area contributed by atoms with Gasteiger partial charge in [-0.3, -0.25) is 9.59 Å². The predicted octanol–water partition coefficient (Wildman–Crippen LogP) is 3.21. The van der Waals surface area contributed by atoms with Crippen molar-refractivity contribution in [1.82, 2.24) is 10.3 Å². The van der Waals surface area contributed by atoms with Crippen molar-refractivity contribution in [1.29, 1.82) is 0 Å². The number of anilines is 1. The maximum Gasteiger partial charge on any atom is 0.254 e. The lowest BCUT2D eigenvalue weighted by Gasteiger charge is -2.30. The Labute approximate surface area is 154 Å². The fourth-order valence-electron chi connectivity index (χ4n) is 3.85. The first-order valence-electron chi connectivity index (χ1n) is 9.30. The molecule has 0 aliphatic heterocycles. The zero-order valence-electron chi connectivity index (χ0n) is 15.4. The van der Waals surface area contributed by atoms with Crippen molar-refractivity contribution in [2.45, 2.75) is 57.4 Å². The highest BCUT2D eigenvalue weighted by atomic mass is 16.2. The Balaban J connectivity index is 1.61. The summed E-state index contributed by atoms with van der Waals surface area (Å²) in [7, 11) is 0. The lowest BCUT2D eigenvalue weighted by atomic mass is 9.81. The highest BCUT2D eigenvalue weighted by Crippen LogP contribution is 2.33. The van der Waals surface area contributed by atoms with E-state index in [1.165, 1.54) is 5.56 Å². The number of nitrogens with one attached hydrogen (secondary N) is 2. The molecule has 1 heterocycles. The van der Waals surface area contributed by atoms with Gasteiger partial charge in [-0.05, 0) is 56.6 Å². The van der Waals surface area contributed by atoms with E-state index in [0.717, 1.165) is 31.2 Å². The second-order valence-electron chi connectivity index (χ2n) is 7.32. The first-order valence-corrected chi connectivity index (χ1v) is 9.30. The number of pyridine rings is 1. The van der Waals surface area contributed by atoms with Crippen LogP contribution in [0.1, 0.15) is 61.1 Å². The number of nitrogens with two attached hydrogens (primary N) is 1. The number of H-pyrrole nitrogens is 1. The zero-order valence-corrected chi connectivity index (χ0v) is 15.4. The van der Waals surface area contributed by atoms with Crippen molar-refractivity contribution in [3.63, 3.8) is 0 Å². The summed E-state index contributed by atoms with van der Waals surface area (Å²) in [5.41, 5.74) is 8.68. The van der Waals surface area contributed by atoms with E-state index in [9.17, 15) is 9.59 Å². The second-order valence-corrected chi connectivity index (χ2v) is 7.32. The Bertz CT molecular complexity index is 821. The zero-order chi connectivity index (χ0) is 18.7. The third-order valence-corrected chi connectivity index (χ3v) is 5.55. The van der Waals surface area contributed by atoms with Crippen LogP contribution in [0.3, 0.4) is 0 Å².